The van der Waals surface area contributed by atoms with Crippen LogP contribution in [-0.2, 0) is 11.3 Å². The van der Waals surface area contributed by atoms with Crippen LogP contribution >= 0.6 is 0 Å². The van der Waals surface area contributed by atoms with E-state index in [0.717, 1.165) is 24.9 Å². The molecule has 4 nitrogen and oxygen atoms in total. The van der Waals surface area contributed by atoms with Crippen molar-refractivity contribution in [2.75, 3.05) is 6.54 Å². The van der Waals surface area contributed by atoms with Crippen molar-refractivity contribution in [3.63, 3.8) is 0 Å². The molecule has 1 fully saturated rings. The Kier molecular flexibility index (Phi) is 5.87. The van der Waals surface area contributed by atoms with Crippen molar-refractivity contribution in [3.8, 4) is 0 Å². The van der Waals surface area contributed by atoms with Crippen molar-refractivity contribution in [1.29, 1.82) is 0 Å². The summed E-state index contributed by atoms with van der Waals surface area (Å²) >= 11 is 0. The third-order valence-electron chi connectivity index (χ3n) is 3.75. The average Bonchev–Trinajstić information content (AvgIpc) is 2.49. The van der Waals surface area contributed by atoms with Gasteiger partial charge in [0.25, 0.3) is 0 Å². The molecular formula is C16H24N2O2. The molecule has 0 saturated heterocycles. The van der Waals surface area contributed by atoms with Crippen LogP contribution in [0.5, 0.6) is 0 Å². The smallest absolute Gasteiger partial charge is 0.407 e. The minimum atomic E-state index is -0.316. The van der Waals surface area contributed by atoms with Crippen LogP contribution < -0.4 is 10.6 Å². The summed E-state index contributed by atoms with van der Waals surface area (Å²) in [5.74, 6) is 0. The van der Waals surface area contributed by atoms with E-state index >= 15 is 0 Å². The van der Waals surface area contributed by atoms with Gasteiger partial charge >= 0.3 is 6.09 Å². The van der Waals surface area contributed by atoms with Crippen LogP contribution in [0, 0.1) is 0 Å². The summed E-state index contributed by atoms with van der Waals surface area (Å²) in [6.07, 6.45) is 4.24. The van der Waals surface area contributed by atoms with Gasteiger partial charge in [0.2, 0.25) is 0 Å². The molecule has 1 aromatic carbocycles. The van der Waals surface area contributed by atoms with Gasteiger partial charge in [0.05, 0.1) is 0 Å². The van der Waals surface area contributed by atoms with E-state index in [2.05, 4.69) is 17.6 Å². The van der Waals surface area contributed by atoms with Crippen LogP contribution in [0.3, 0.4) is 0 Å². The third-order valence-corrected chi connectivity index (χ3v) is 3.75. The molecule has 0 radical (unpaired) electrons. The zero-order chi connectivity index (χ0) is 14.2. The maximum absolute atomic E-state index is 11.9. The molecule has 1 aromatic rings. The average molecular weight is 276 g/mol. The minimum Gasteiger partial charge on any atom is -0.445 e. The van der Waals surface area contributed by atoms with Crippen molar-refractivity contribution < 1.29 is 9.53 Å². The molecule has 0 heterocycles. The number of carbonyl (C=O) groups is 1. The molecule has 0 spiro atoms. The van der Waals surface area contributed by atoms with Crippen LogP contribution in [0.2, 0.25) is 0 Å². The van der Waals surface area contributed by atoms with Crippen molar-refractivity contribution in [2.45, 2.75) is 51.3 Å². The number of likely N-dealkylation sites (N-methyl/N-ethyl adjacent to an activating group) is 1. The Labute approximate surface area is 120 Å². The monoisotopic (exact) mass is 276 g/mol. The standard InChI is InChI=1S/C16H24N2O2/c1-2-17-14-10-6-7-11-15(14)18-16(19)20-12-13-8-4-3-5-9-13/h3-5,8-9,14-15,17H,2,6-7,10-12H2,1H3,(H,18,19)/t14-,15-/m0/s1. The molecular weight excluding hydrogens is 252 g/mol. The van der Waals surface area contributed by atoms with Crippen molar-refractivity contribution in [3.05, 3.63) is 35.9 Å². The fourth-order valence-electron chi connectivity index (χ4n) is 2.73. The maximum Gasteiger partial charge on any atom is 0.407 e. The lowest BCUT2D eigenvalue weighted by molar-refractivity contribution is 0.129. The number of hydrogen-bond acceptors (Lipinski definition) is 3. The number of alkyl carbamates (subject to hydrolysis) is 1. The first kappa shape index (κ1) is 14.9. The number of carbonyl (C=O) groups excluding carboxylic acids is 1. The number of ether oxygens (including phenoxy) is 1. The second kappa shape index (κ2) is 7.90. The summed E-state index contributed by atoms with van der Waals surface area (Å²) in [6, 6.07) is 10.3. The largest absolute Gasteiger partial charge is 0.445 e. The van der Waals surface area contributed by atoms with E-state index in [0.29, 0.717) is 12.6 Å². The number of amides is 1. The van der Waals surface area contributed by atoms with Gasteiger partial charge in [-0.15, -0.1) is 0 Å². The molecule has 2 N–H and O–H groups in total. The van der Waals surface area contributed by atoms with Gasteiger partial charge in [0, 0.05) is 12.1 Å². The Bertz CT molecular complexity index is 406. The van der Waals surface area contributed by atoms with E-state index in [1.807, 2.05) is 30.3 Å². The molecule has 110 valence electrons. The van der Waals surface area contributed by atoms with E-state index < -0.39 is 0 Å². The first-order valence-electron chi connectivity index (χ1n) is 7.50. The van der Waals surface area contributed by atoms with Crippen LogP contribution in [0.1, 0.15) is 38.2 Å². The summed E-state index contributed by atoms with van der Waals surface area (Å²) in [5, 5.41) is 6.44. The van der Waals surface area contributed by atoms with E-state index in [1.54, 1.807) is 0 Å². The molecule has 1 amide bonds. The lowest BCUT2D eigenvalue weighted by atomic mass is 9.90. The summed E-state index contributed by atoms with van der Waals surface area (Å²) in [5.41, 5.74) is 1.01. The summed E-state index contributed by atoms with van der Waals surface area (Å²) < 4.78 is 5.28. The van der Waals surface area contributed by atoms with Crippen LogP contribution in [0.15, 0.2) is 30.3 Å². The molecule has 0 unspecified atom stereocenters. The Balaban J connectivity index is 1.78. The molecule has 2 atom stereocenters. The first-order chi connectivity index (χ1) is 9.79. The predicted octanol–water partition coefficient (Wildman–Crippen LogP) is 2.83. The third kappa shape index (κ3) is 4.53. The second-order valence-electron chi connectivity index (χ2n) is 5.26. The van der Waals surface area contributed by atoms with Gasteiger partial charge in [0.1, 0.15) is 6.61 Å². The number of hydrogen-bond donors (Lipinski definition) is 2. The highest BCUT2D eigenvalue weighted by atomic mass is 16.5. The quantitative estimate of drug-likeness (QED) is 0.869. The van der Waals surface area contributed by atoms with Crippen LogP contribution in [-0.4, -0.2) is 24.7 Å². The van der Waals surface area contributed by atoms with Crippen LogP contribution in [0.25, 0.3) is 0 Å². The van der Waals surface area contributed by atoms with Crippen LogP contribution in [0.4, 0.5) is 4.79 Å². The minimum absolute atomic E-state index is 0.187. The Morgan fingerprint density at radius 3 is 2.60 bits per heavy atom. The number of benzene rings is 1. The van der Waals surface area contributed by atoms with Gasteiger partial charge in [0.15, 0.2) is 0 Å². The zero-order valence-corrected chi connectivity index (χ0v) is 12.1. The Morgan fingerprint density at radius 1 is 1.20 bits per heavy atom. The van der Waals surface area contributed by atoms with Gasteiger partial charge in [-0.1, -0.05) is 50.1 Å². The van der Waals surface area contributed by atoms with E-state index in [-0.39, 0.29) is 12.1 Å². The fraction of sp³-hybridized carbons (Fsp3) is 0.562. The van der Waals surface area contributed by atoms with Crippen molar-refractivity contribution in [1.82, 2.24) is 10.6 Å². The summed E-state index contributed by atoms with van der Waals surface area (Å²) in [4.78, 5) is 11.9. The van der Waals surface area contributed by atoms with Gasteiger partial charge in [-0.2, -0.15) is 0 Å². The van der Waals surface area contributed by atoms with E-state index in [9.17, 15) is 4.79 Å². The highest BCUT2D eigenvalue weighted by Crippen LogP contribution is 2.18. The first-order valence-corrected chi connectivity index (χ1v) is 7.50. The molecule has 0 aromatic heterocycles. The molecule has 1 aliphatic rings. The summed E-state index contributed by atoms with van der Waals surface area (Å²) in [6.45, 7) is 3.35. The fourth-order valence-corrected chi connectivity index (χ4v) is 2.73. The van der Waals surface area contributed by atoms with E-state index in [4.69, 9.17) is 4.74 Å². The normalized spacial score (nSPS) is 22.2. The lowest BCUT2D eigenvalue weighted by Crippen LogP contribution is -2.51. The Morgan fingerprint density at radius 2 is 1.90 bits per heavy atom. The molecule has 1 aliphatic carbocycles. The predicted molar refractivity (Wildman–Crippen MR) is 79.5 cm³/mol. The highest BCUT2D eigenvalue weighted by molar-refractivity contribution is 5.67. The molecule has 0 bridgehead atoms. The number of rotatable bonds is 5. The van der Waals surface area contributed by atoms with Gasteiger partial charge in [-0.05, 0) is 24.9 Å². The van der Waals surface area contributed by atoms with Gasteiger partial charge < -0.3 is 15.4 Å². The van der Waals surface area contributed by atoms with Crippen molar-refractivity contribution in [2.24, 2.45) is 0 Å². The molecule has 20 heavy (non-hydrogen) atoms. The second-order valence-corrected chi connectivity index (χ2v) is 5.26. The zero-order valence-electron chi connectivity index (χ0n) is 12.1. The Hall–Kier alpha value is -1.55. The lowest BCUT2D eigenvalue weighted by Gasteiger charge is -2.32. The summed E-state index contributed by atoms with van der Waals surface area (Å²) in [7, 11) is 0. The molecule has 2 rings (SSSR count). The number of nitrogens with one attached hydrogen (secondary N) is 2. The molecule has 1 saturated carbocycles. The molecule has 0 aliphatic heterocycles. The topological polar surface area (TPSA) is 50.4 Å². The van der Waals surface area contributed by atoms with E-state index in [1.165, 1.54) is 12.8 Å². The van der Waals surface area contributed by atoms with Gasteiger partial charge in [-0.3, -0.25) is 0 Å². The highest BCUT2D eigenvalue weighted by Gasteiger charge is 2.25. The SMILES string of the molecule is CCN[C@H]1CCCC[C@@H]1NC(=O)OCc1ccccc1. The maximum atomic E-state index is 11.9. The van der Waals surface area contributed by atoms with Gasteiger partial charge in [-0.25, -0.2) is 4.79 Å². The van der Waals surface area contributed by atoms with Crippen molar-refractivity contribution >= 4 is 6.09 Å². The molecule has 4 heteroatoms.